The minimum atomic E-state index is -2.93. The number of piperidine rings is 1. The number of carbonyl (C=O) groups excluding carboxylic acids is 1. The molecule has 128 valence electrons. The van der Waals surface area contributed by atoms with Crippen molar-refractivity contribution in [2.24, 2.45) is 5.92 Å². The monoisotopic (exact) mass is 339 g/mol. The molecule has 0 N–H and O–H groups in total. The zero-order valence-corrected chi connectivity index (χ0v) is 14.4. The lowest BCUT2D eigenvalue weighted by Gasteiger charge is -2.31. The number of nitrogens with zero attached hydrogens (tertiary/aromatic N) is 1. The van der Waals surface area contributed by atoms with Gasteiger partial charge in [0.2, 0.25) is 5.91 Å². The molecule has 1 aliphatic rings. The molecule has 1 aromatic carbocycles. The normalized spacial score (nSPS) is 16.3. The average molecular weight is 339 g/mol. The lowest BCUT2D eigenvalue weighted by molar-refractivity contribution is -0.132. The third kappa shape index (κ3) is 6.60. The van der Waals surface area contributed by atoms with Crippen LogP contribution in [0.3, 0.4) is 0 Å². The number of para-hydroxylation sites is 1. The molecule has 1 saturated heterocycles. The minimum Gasteiger partial charge on any atom is -0.494 e. The van der Waals surface area contributed by atoms with Gasteiger partial charge in [0.15, 0.2) is 0 Å². The molecular weight excluding hydrogens is 314 g/mol. The maximum Gasteiger partial charge on any atom is 0.222 e. The number of rotatable bonds is 7. The highest BCUT2D eigenvalue weighted by molar-refractivity contribution is 7.90. The van der Waals surface area contributed by atoms with Crippen molar-refractivity contribution in [2.75, 3.05) is 31.7 Å². The topological polar surface area (TPSA) is 63.7 Å². The maximum atomic E-state index is 12.2. The number of sulfone groups is 1. The summed E-state index contributed by atoms with van der Waals surface area (Å²) >= 11 is 0. The van der Waals surface area contributed by atoms with Gasteiger partial charge in [-0.05, 0) is 37.3 Å². The van der Waals surface area contributed by atoms with Crippen LogP contribution in [0.15, 0.2) is 30.3 Å². The Kier molecular flexibility index (Phi) is 6.45. The lowest BCUT2D eigenvalue weighted by Crippen LogP contribution is -2.39. The van der Waals surface area contributed by atoms with Gasteiger partial charge in [-0.3, -0.25) is 4.79 Å². The number of hydrogen-bond donors (Lipinski definition) is 0. The van der Waals surface area contributed by atoms with Gasteiger partial charge in [0.1, 0.15) is 15.6 Å². The molecule has 5 nitrogen and oxygen atoms in total. The molecule has 0 saturated carbocycles. The quantitative estimate of drug-likeness (QED) is 0.714. The molecule has 0 atom stereocenters. The van der Waals surface area contributed by atoms with Crippen LogP contribution in [0.4, 0.5) is 0 Å². The molecule has 6 heteroatoms. The summed E-state index contributed by atoms with van der Waals surface area (Å²) in [6.45, 7) is 1.86. The molecule has 0 unspecified atom stereocenters. The SMILES string of the molecule is CS(=O)(=O)CC1CCN(C(=O)CCCOc2ccccc2)CC1. The van der Waals surface area contributed by atoms with Crippen LogP contribution in [0.1, 0.15) is 25.7 Å². The Hall–Kier alpha value is -1.56. The smallest absolute Gasteiger partial charge is 0.222 e. The van der Waals surface area contributed by atoms with Crippen molar-refractivity contribution in [3.63, 3.8) is 0 Å². The summed E-state index contributed by atoms with van der Waals surface area (Å²) in [5, 5.41) is 0. The summed E-state index contributed by atoms with van der Waals surface area (Å²) in [6, 6.07) is 9.56. The first-order valence-corrected chi connectivity index (χ1v) is 10.1. The van der Waals surface area contributed by atoms with Gasteiger partial charge in [0.05, 0.1) is 12.4 Å². The average Bonchev–Trinajstić information content (AvgIpc) is 2.51. The fraction of sp³-hybridized carbons (Fsp3) is 0.588. The van der Waals surface area contributed by atoms with Gasteiger partial charge in [-0.1, -0.05) is 18.2 Å². The van der Waals surface area contributed by atoms with Crippen LogP contribution in [0.2, 0.25) is 0 Å². The molecule has 1 aliphatic heterocycles. The fourth-order valence-electron chi connectivity index (χ4n) is 2.87. The zero-order valence-electron chi connectivity index (χ0n) is 13.6. The number of amides is 1. The van der Waals surface area contributed by atoms with Gasteiger partial charge < -0.3 is 9.64 Å². The van der Waals surface area contributed by atoms with Crippen molar-refractivity contribution < 1.29 is 17.9 Å². The number of ether oxygens (including phenoxy) is 1. The van der Waals surface area contributed by atoms with E-state index in [2.05, 4.69) is 0 Å². The highest BCUT2D eigenvalue weighted by atomic mass is 32.2. The Morgan fingerprint density at radius 1 is 1.22 bits per heavy atom. The maximum absolute atomic E-state index is 12.2. The van der Waals surface area contributed by atoms with Crippen molar-refractivity contribution >= 4 is 15.7 Å². The van der Waals surface area contributed by atoms with Crippen LogP contribution in [0.25, 0.3) is 0 Å². The highest BCUT2D eigenvalue weighted by Gasteiger charge is 2.24. The van der Waals surface area contributed by atoms with Gasteiger partial charge >= 0.3 is 0 Å². The van der Waals surface area contributed by atoms with Gasteiger partial charge in [0.25, 0.3) is 0 Å². The first kappa shape index (κ1) is 17.8. The van der Waals surface area contributed by atoms with E-state index in [0.29, 0.717) is 32.5 Å². The highest BCUT2D eigenvalue weighted by Crippen LogP contribution is 2.19. The van der Waals surface area contributed by atoms with Gasteiger partial charge in [0, 0.05) is 25.8 Å². The molecule has 23 heavy (non-hydrogen) atoms. The van der Waals surface area contributed by atoms with E-state index in [0.717, 1.165) is 18.6 Å². The Labute approximate surface area is 138 Å². The summed E-state index contributed by atoms with van der Waals surface area (Å²) < 4.78 is 28.2. The van der Waals surface area contributed by atoms with E-state index in [1.165, 1.54) is 6.26 Å². The van der Waals surface area contributed by atoms with Crippen LogP contribution in [0.5, 0.6) is 5.75 Å². The second-order valence-corrected chi connectivity index (χ2v) is 8.37. The predicted molar refractivity (Wildman–Crippen MR) is 90.2 cm³/mol. The molecule has 1 heterocycles. The van der Waals surface area contributed by atoms with E-state index < -0.39 is 9.84 Å². The third-order valence-electron chi connectivity index (χ3n) is 4.05. The van der Waals surface area contributed by atoms with E-state index in [4.69, 9.17) is 4.74 Å². The van der Waals surface area contributed by atoms with Crippen LogP contribution in [-0.2, 0) is 14.6 Å². The minimum absolute atomic E-state index is 0.138. The first-order valence-electron chi connectivity index (χ1n) is 8.07. The van der Waals surface area contributed by atoms with Crippen molar-refractivity contribution in [1.82, 2.24) is 4.90 Å². The first-order chi connectivity index (χ1) is 10.9. The molecule has 0 bridgehead atoms. The number of carbonyl (C=O) groups is 1. The standard InChI is InChI=1S/C17H25NO4S/c1-23(20,21)14-15-9-11-18(12-10-15)17(19)8-5-13-22-16-6-3-2-4-7-16/h2-4,6-7,15H,5,8-14H2,1H3. The largest absolute Gasteiger partial charge is 0.494 e. The summed E-state index contributed by atoms with van der Waals surface area (Å²) in [5.41, 5.74) is 0. The molecule has 1 amide bonds. The Morgan fingerprint density at radius 2 is 1.87 bits per heavy atom. The number of hydrogen-bond acceptors (Lipinski definition) is 4. The van der Waals surface area contributed by atoms with Crippen molar-refractivity contribution in [3.8, 4) is 5.75 Å². The van der Waals surface area contributed by atoms with Crippen LogP contribution in [0, 0.1) is 5.92 Å². The van der Waals surface area contributed by atoms with E-state index in [1.54, 1.807) is 0 Å². The van der Waals surface area contributed by atoms with E-state index >= 15 is 0 Å². The second kappa shape index (κ2) is 8.34. The summed E-state index contributed by atoms with van der Waals surface area (Å²) in [6.07, 6.45) is 4.00. The molecule has 2 rings (SSSR count). The van der Waals surface area contributed by atoms with E-state index in [9.17, 15) is 13.2 Å². The molecular formula is C17H25NO4S. The Morgan fingerprint density at radius 3 is 2.48 bits per heavy atom. The van der Waals surface area contributed by atoms with E-state index in [1.807, 2.05) is 35.2 Å². The van der Waals surface area contributed by atoms with Crippen molar-refractivity contribution in [3.05, 3.63) is 30.3 Å². The number of likely N-dealkylation sites (tertiary alicyclic amines) is 1. The molecule has 1 aromatic rings. The molecule has 0 aliphatic carbocycles. The molecule has 1 fully saturated rings. The van der Waals surface area contributed by atoms with Gasteiger partial charge in [-0.2, -0.15) is 0 Å². The summed E-state index contributed by atoms with van der Waals surface area (Å²) in [5.74, 6) is 1.39. The van der Waals surface area contributed by atoms with E-state index in [-0.39, 0.29) is 17.6 Å². The van der Waals surface area contributed by atoms with Gasteiger partial charge in [-0.25, -0.2) is 8.42 Å². The Balaban J connectivity index is 1.63. The van der Waals surface area contributed by atoms with Crippen LogP contribution in [-0.4, -0.2) is 50.9 Å². The van der Waals surface area contributed by atoms with Crippen molar-refractivity contribution in [1.29, 1.82) is 0 Å². The van der Waals surface area contributed by atoms with Crippen LogP contribution >= 0.6 is 0 Å². The molecule has 0 spiro atoms. The lowest BCUT2D eigenvalue weighted by atomic mass is 9.98. The van der Waals surface area contributed by atoms with Gasteiger partial charge in [-0.15, -0.1) is 0 Å². The predicted octanol–water partition coefficient (Wildman–Crippen LogP) is 2.13. The zero-order chi connectivity index (χ0) is 16.7. The third-order valence-corrected chi connectivity index (χ3v) is 5.13. The van der Waals surface area contributed by atoms with Crippen LogP contribution < -0.4 is 4.74 Å². The summed E-state index contributed by atoms with van der Waals surface area (Å²) in [7, 11) is -2.93. The molecule has 0 aromatic heterocycles. The second-order valence-electron chi connectivity index (χ2n) is 6.18. The van der Waals surface area contributed by atoms with Crippen molar-refractivity contribution in [2.45, 2.75) is 25.7 Å². The fourth-order valence-corrected chi connectivity index (χ4v) is 4.06. The number of benzene rings is 1. The Bertz CT molecular complexity index is 592. The summed E-state index contributed by atoms with van der Waals surface area (Å²) in [4.78, 5) is 14.0. The molecule has 0 radical (unpaired) electrons.